The van der Waals surface area contributed by atoms with Crippen molar-refractivity contribution in [3.05, 3.63) is 58.6 Å². The molecule has 0 saturated heterocycles. The summed E-state index contributed by atoms with van der Waals surface area (Å²) >= 11 is 6.49. The second-order valence-corrected chi connectivity index (χ2v) is 6.31. The molecule has 3 aromatic rings. The van der Waals surface area contributed by atoms with Gasteiger partial charge in [-0.05, 0) is 23.1 Å². The van der Waals surface area contributed by atoms with E-state index < -0.39 is 6.61 Å². The minimum Gasteiger partial charge on any atom is -0.388 e. The first-order valence-corrected chi connectivity index (χ1v) is 7.94. The molecule has 0 aliphatic heterocycles. The van der Waals surface area contributed by atoms with Crippen molar-refractivity contribution in [1.29, 1.82) is 0 Å². The lowest BCUT2D eigenvalue weighted by Gasteiger charge is -2.06. The molecule has 0 aliphatic rings. The van der Waals surface area contributed by atoms with E-state index in [0.29, 0.717) is 16.5 Å². The number of hydrogen-bond acceptors (Lipinski definition) is 2. The van der Waals surface area contributed by atoms with Crippen LogP contribution in [0, 0.1) is 0 Å². The van der Waals surface area contributed by atoms with Crippen molar-refractivity contribution in [1.82, 2.24) is 4.98 Å². The number of rotatable bonds is 4. The van der Waals surface area contributed by atoms with Gasteiger partial charge in [0.1, 0.15) is 6.61 Å². The van der Waals surface area contributed by atoms with Gasteiger partial charge in [0.25, 0.3) is 0 Å². The van der Waals surface area contributed by atoms with Crippen LogP contribution in [0.2, 0.25) is 5.02 Å². The van der Waals surface area contributed by atoms with Gasteiger partial charge in [-0.2, -0.15) is 0 Å². The van der Waals surface area contributed by atoms with E-state index in [-0.39, 0.29) is 5.78 Å². The molecule has 0 bridgehead atoms. The van der Waals surface area contributed by atoms with Crippen LogP contribution in [0.25, 0.3) is 22.2 Å². The Hall–Kier alpha value is -2.10. The lowest BCUT2D eigenvalue weighted by molar-refractivity contribution is 0.0904. The summed E-state index contributed by atoms with van der Waals surface area (Å²) in [4.78, 5) is 14.9. The fourth-order valence-corrected chi connectivity index (χ4v) is 2.98. The first-order valence-electron chi connectivity index (χ1n) is 7.57. The average Bonchev–Trinajstić information content (AvgIpc) is 2.90. The molecule has 0 amide bonds. The molecule has 3 nitrogen and oxygen atoms in total. The van der Waals surface area contributed by atoms with E-state index in [2.05, 4.69) is 31.0 Å². The van der Waals surface area contributed by atoms with Gasteiger partial charge in [-0.1, -0.05) is 61.8 Å². The average molecular weight is 328 g/mol. The molecule has 0 fully saturated rings. The predicted octanol–water partition coefficient (Wildman–Crippen LogP) is 4.79. The Morgan fingerprint density at radius 2 is 1.87 bits per heavy atom. The van der Waals surface area contributed by atoms with E-state index in [0.717, 1.165) is 22.2 Å². The number of aliphatic hydroxyl groups is 1. The number of nitrogens with one attached hydrogen (secondary N) is 1. The highest BCUT2D eigenvalue weighted by Gasteiger charge is 2.13. The Morgan fingerprint density at radius 1 is 1.17 bits per heavy atom. The number of aliphatic hydroxyl groups excluding tert-OH is 1. The highest BCUT2D eigenvalue weighted by molar-refractivity contribution is 6.38. The summed E-state index contributed by atoms with van der Waals surface area (Å²) in [5.41, 5.74) is 4.38. The molecule has 2 N–H and O–H groups in total. The maximum atomic E-state index is 11.6. The molecule has 2 aromatic carbocycles. The zero-order valence-electron chi connectivity index (χ0n) is 13.1. The first-order chi connectivity index (χ1) is 11.0. The van der Waals surface area contributed by atoms with Crippen LogP contribution in [0.3, 0.4) is 0 Å². The van der Waals surface area contributed by atoms with Crippen LogP contribution in [0.1, 0.15) is 35.7 Å². The fourth-order valence-electron chi connectivity index (χ4n) is 2.66. The van der Waals surface area contributed by atoms with Crippen LogP contribution in [-0.2, 0) is 0 Å². The van der Waals surface area contributed by atoms with Crippen LogP contribution in [0.15, 0.2) is 42.5 Å². The molecule has 4 heteroatoms. The lowest BCUT2D eigenvalue weighted by atomic mass is 10.0. The molecule has 0 unspecified atom stereocenters. The van der Waals surface area contributed by atoms with Crippen molar-refractivity contribution in [2.75, 3.05) is 6.61 Å². The molecular weight excluding hydrogens is 310 g/mol. The number of Topliss-reactive ketones (excluding diaryl/α,β-unsaturated/α-hetero) is 1. The van der Waals surface area contributed by atoms with E-state index in [9.17, 15) is 4.79 Å². The minimum absolute atomic E-state index is 0.305. The Bertz CT molecular complexity index is 863. The Labute approximate surface area is 139 Å². The van der Waals surface area contributed by atoms with Crippen molar-refractivity contribution in [2.24, 2.45) is 0 Å². The Balaban J connectivity index is 2.07. The molecule has 0 atom stereocenters. The van der Waals surface area contributed by atoms with E-state index >= 15 is 0 Å². The smallest absolute Gasteiger partial charge is 0.188 e. The summed E-state index contributed by atoms with van der Waals surface area (Å²) in [7, 11) is 0. The van der Waals surface area contributed by atoms with Gasteiger partial charge in [-0.25, -0.2) is 0 Å². The van der Waals surface area contributed by atoms with Gasteiger partial charge in [0, 0.05) is 16.5 Å². The number of halogens is 1. The first kappa shape index (κ1) is 15.8. The third kappa shape index (κ3) is 2.90. The number of fused-ring (bicyclic) bond motifs is 1. The molecule has 3 rings (SSSR count). The molecule has 0 radical (unpaired) electrons. The van der Waals surface area contributed by atoms with Crippen LogP contribution in [0.4, 0.5) is 0 Å². The van der Waals surface area contributed by atoms with Gasteiger partial charge in [-0.15, -0.1) is 0 Å². The number of ketones is 1. The van der Waals surface area contributed by atoms with Gasteiger partial charge in [0.2, 0.25) is 0 Å². The van der Waals surface area contributed by atoms with Crippen LogP contribution < -0.4 is 0 Å². The topological polar surface area (TPSA) is 53.1 Å². The normalized spacial score (nSPS) is 11.3. The third-order valence-corrected chi connectivity index (χ3v) is 4.46. The molecule has 1 heterocycles. The standard InChI is InChI=1S/C19H18ClNO2/c1-11(2)12-3-5-13(6-4-12)19-18(20)15-8-7-14(17(23)10-22)9-16(15)21-19/h3-9,11,21-22H,10H2,1-2H3. The number of aromatic amines is 1. The number of carbonyl (C=O) groups excluding carboxylic acids is 1. The maximum Gasteiger partial charge on any atom is 0.188 e. The molecular formula is C19H18ClNO2. The Morgan fingerprint density at radius 3 is 2.48 bits per heavy atom. The number of carbonyl (C=O) groups is 1. The van der Waals surface area contributed by atoms with Crippen molar-refractivity contribution < 1.29 is 9.90 Å². The van der Waals surface area contributed by atoms with Gasteiger partial charge < -0.3 is 10.1 Å². The number of hydrogen-bond donors (Lipinski definition) is 2. The molecule has 0 saturated carbocycles. The highest BCUT2D eigenvalue weighted by atomic mass is 35.5. The second-order valence-electron chi connectivity index (χ2n) is 5.93. The van der Waals surface area contributed by atoms with Gasteiger partial charge in [-0.3, -0.25) is 4.79 Å². The van der Waals surface area contributed by atoms with E-state index in [4.69, 9.17) is 16.7 Å². The molecule has 0 aliphatic carbocycles. The van der Waals surface area contributed by atoms with Crippen LogP contribution in [-0.4, -0.2) is 22.5 Å². The summed E-state index contributed by atoms with van der Waals surface area (Å²) in [5, 5.41) is 10.5. The SMILES string of the molecule is CC(C)c1ccc(-c2[nH]c3cc(C(=O)CO)ccc3c2Cl)cc1. The monoisotopic (exact) mass is 327 g/mol. The minimum atomic E-state index is -0.497. The van der Waals surface area contributed by atoms with Crippen molar-refractivity contribution in [2.45, 2.75) is 19.8 Å². The lowest BCUT2D eigenvalue weighted by Crippen LogP contribution is -2.03. The van der Waals surface area contributed by atoms with Crippen LogP contribution in [0.5, 0.6) is 0 Å². The molecule has 23 heavy (non-hydrogen) atoms. The van der Waals surface area contributed by atoms with E-state index in [1.807, 2.05) is 18.2 Å². The largest absolute Gasteiger partial charge is 0.388 e. The van der Waals surface area contributed by atoms with Gasteiger partial charge in [0.05, 0.1) is 10.7 Å². The number of aromatic nitrogens is 1. The summed E-state index contributed by atoms with van der Waals surface area (Å²) in [5.74, 6) is 0.176. The number of benzene rings is 2. The molecule has 118 valence electrons. The summed E-state index contributed by atoms with van der Waals surface area (Å²) in [6, 6.07) is 13.5. The van der Waals surface area contributed by atoms with Crippen LogP contribution >= 0.6 is 11.6 Å². The van der Waals surface area contributed by atoms with Crippen molar-refractivity contribution in [3.8, 4) is 11.3 Å². The predicted molar refractivity (Wildman–Crippen MR) is 94.3 cm³/mol. The van der Waals surface area contributed by atoms with Gasteiger partial charge >= 0.3 is 0 Å². The third-order valence-electron chi connectivity index (χ3n) is 4.07. The Kier molecular flexibility index (Phi) is 4.24. The highest BCUT2D eigenvalue weighted by Crippen LogP contribution is 2.35. The number of H-pyrrole nitrogens is 1. The van der Waals surface area contributed by atoms with Crippen molar-refractivity contribution in [3.63, 3.8) is 0 Å². The summed E-state index contributed by atoms with van der Waals surface area (Å²) in [6.07, 6.45) is 0. The van der Waals surface area contributed by atoms with E-state index in [1.54, 1.807) is 12.1 Å². The zero-order valence-corrected chi connectivity index (χ0v) is 13.8. The maximum absolute atomic E-state index is 11.6. The van der Waals surface area contributed by atoms with Crippen molar-refractivity contribution >= 4 is 28.3 Å². The quantitative estimate of drug-likeness (QED) is 0.677. The fraction of sp³-hybridized carbons (Fsp3) is 0.211. The summed E-state index contributed by atoms with van der Waals surface area (Å²) in [6.45, 7) is 3.82. The molecule has 0 spiro atoms. The zero-order chi connectivity index (χ0) is 16.6. The van der Waals surface area contributed by atoms with Gasteiger partial charge in [0.15, 0.2) is 5.78 Å². The molecule has 1 aromatic heterocycles. The van der Waals surface area contributed by atoms with E-state index in [1.165, 1.54) is 5.56 Å². The summed E-state index contributed by atoms with van der Waals surface area (Å²) < 4.78 is 0. The second kappa shape index (κ2) is 6.19.